The highest BCUT2D eigenvalue weighted by molar-refractivity contribution is 7.91. The Morgan fingerprint density at radius 1 is 1.41 bits per heavy atom. The van der Waals surface area contributed by atoms with Crippen molar-refractivity contribution in [3.63, 3.8) is 0 Å². The molecule has 5 heteroatoms. The van der Waals surface area contributed by atoms with E-state index in [2.05, 4.69) is 0 Å². The summed E-state index contributed by atoms with van der Waals surface area (Å²) >= 11 is 0. The minimum absolute atomic E-state index is 0.0137. The zero-order chi connectivity index (χ0) is 13.1. The fourth-order valence-corrected chi connectivity index (χ4v) is 4.21. The molecule has 0 bridgehead atoms. The van der Waals surface area contributed by atoms with E-state index in [1.807, 2.05) is 13.8 Å². The SMILES string of the molecule is CCCS(=O)(=O)CCC1(C(=O)O)CCC(C)C1. The number of sulfone groups is 1. The average Bonchev–Trinajstić information content (AvgIpc) is 2.59. The Hall–Kier alpha value is -0.580. The molecule has 1 N–H and O–H groups in total. The zero-order valence-corrected chi connectivity index (χ0v) is 11.4. The van der Waals surface area contributed by atoms with Crippen LogP contribution in [0.4, 0.5) is 0 Å². The fourth-order valence-electron chi connectivity index (χ4n) is 2.69. The van der Waals surface area contributed by atoms with Crippen LogP contribution in [0, 0.1) is 11.3 Å². The number of rotatable bonds is 6. The molecule has 0 aromatic heterocycles. The summed E-state index contributed by atoms with van der Waals surface area (Å²) in [6.45, 7) is 3.85. The summed E-state index contributed by atoms with van der Waals surface area (Å²) in [5, 5.41) is 9.31. The van der Waals surface area contributed by atoms with Crippen molar-refractivity contribution < 1.29 is 18.3 Å². The predicted molar refractivity (Wildman–Crippen MR) is 66.6 cm³/mol. The van der Waals surface area contributed by atoms with Gasteiger partial charge in [0.25, 0.3) is 0 Å². The molecule has 0 amide bonds. The highest BCUT2D eigenvalue weighted by atomic mass is 32.2. The molecule has 0 radical (unpaired) electrons. The third kappa shape index (κ3) is 3.69. The molecule has 1 aliphatic rings. The molecule has 0 heterocycles. The van der Waals surface area contributed by atoms with Crippen molar-refractivity contribution in [3.8, 4) is 0 Å². The van der Waals surface area contributed by atoms with Crippen LogP contribution >= 0.6 is 0 Å². The summed E-state index contributed by atoms with van der Waals surface area (Å²) in [4.78, 5) is 11.3. The van der Waals surface area contributed by atoms with Gasteiger partial charge in [0.2, 0.25) is 0 Å². The Morgan fingerprint density at radius 3 is 2.47 bits per heavy atom. The minimum atomic E-state index is -3.07. The highest BCUT2D eigenvalue weighted by Crippen LogP contribution is 2.44. The summed E-state index contributed by atoms with van der Waals surface area (Å²) < 4.78 is 23.3. The lowest BCUT2D eigenvalue weighted by atomic mass is 9.83. The molecule has 0 spiro atoms. The first-order chi connectivity index (χ1) is 7.81. The van der Waals surface area contributed by atoms with Crippen LogP contribution < -0.4 is 0 Å². The maximum atomic E-state index is 11.6. The fraction of sp³-hybridized carbons (Fsp3) is 0.917. The number of aliphatic carboxylic acids is 1. The first-order valence-corrected chi connectivity index (χ1v) is 8.07. The molecule has 1 fully saturated rings. The number of hydrogen-bond acceptors (Lipinski definition) is 3. The largest absolute Gasteiger partial charge is 0.481 e. The predicted octanol–water partition coefficient (Wildman–Crippen LogP) is 2.09. The van der Waals surface area contributed by atoms with E-state index in [4.69, 9.17) is 0 Å². The highest BCUT2D eigenvalue weighted by Gasteiger charge is 2.44. The molecular formula is C12H22O4S. The number of carboxylic acids is 1. The molecular weight excluding hydrogens is 240 g/mol. The lowest BCUT2D eigenvalue weighted by Crippen LogP contribution is -2.31. The lowest BCUT2D eigenvalue weighted by molar-refractivity contribution is -0.148. The van der Waals surface area contributed by atoms with E-state index in [0.29, 0.717) is 25.2 Å². The van der Waals surface area contributed by atoms with Crippen molar-refractivity contribution in [2.75, 3.05) is 11.5 Å². The van der Waals surface area contributed by atoms with Gasteiger partial charge in [0, 0.05) is 5.75 Å². The number of hydrogen-bond donors (Lipinski definition) is 1. The third-order valence-corrected chi connectivity index (χ3v) is 5.57. The molecule has 0 aromatic carbocycles. The Labute approximate surface area is 103 Å². The summed E-state index contributed by atoms with van der Waals surface area (Å²) in [5.74, 6) is -0.258. The summed E-state index contributed by atoms with van der Waals surface area (Å²) in [5.41, 5.74) is -0.791. The van der Waals surface area contributed by atoms with Crippen molar-refractivity contribution in [2.45, 2.75) is 46.0 Å². The van der Waals surface area contributed by atoms with Gasteiger partial charge in [-0.25, -0.2) is 8.42 Å². The molecule has 17 heavy (non-hydrogen) atoms. The van der Waals surface area contributed by atoms with Crippen molar-refractivity contribution >= 4 is 15.8 Å². The molecule has 1 aliphatic carbocycles. The lowest BCUT2D eigenvalue weighted by Gasteiger charge is -2.23. The van der Waals surface area contributed by atoms with Gasteiger partial charge >= 0.3 is 5.97 Å². The van der Waals surface area contributed by atoms with Gasteiger partial charge in [0.1, 0.15) is 9.84 Å². The van der Waals surface area contributed by atoms with E-state index >= 15 is 0 Å². The van der Waals surface area contributed by atoms with Gasteiger partial charge in [-0.2, -0.15) is 0 Å². The van der Waals surface area contributed by atoms with Crippen molar-refractivity contribution in [1.29, 1.82) is 0 Å². The van der Waals surface area contributed by atoms with Crippen LogP contribution in [0.3, 0.4) is 0 Å². The Morgan fingerprint density at radius 2 is 2.06 bits per heavy atom. The second-order valence-electron chi connectivity index (χ2n) is 5.34. The van der Waals surface area contributed by atoms with Gasteiger partial charge < -0.3 is 5.11 Å². The smallest absolute Gasteiger partial charge is 0.309 e. The monoisotopic (exact) mass is 262 g/mol. The maximum absolute atomic E-state index is 11.6. The molecule has 2 unspecified atom stereocenters. The number of carbonyl (C=O) groups is 1. The summed E-state index contributed by atoms with van der Waals surface area (Å²) in [6.07, 6.45) is 2.99. The van der Waals surface area contributed by atoms with Gasteiger partial charge in [-0.15, -0.1) is 0 Å². The van der Waals surface area contributed by atoms with Gasteiger partial charge in [0.05, 0.1) is 11.2 Å². The van der Waals surface area contributed by atoms with Gasteiger partial charge in [0.15, 0.2) is 0 Å². The van der Waals surface area contributed by atoms with E-state index in [1.54, 1.807) is 0 Å². The quantitative estimate of drug-likeness (QED) is 0.795. The Balaban J connectivity index is 2.67. The summed E-state index contributed by atoms with van der Waals surface area (Å²) in [7, 11) is -3.07. The Bertz CT molecular complexity index is 374. The first kappa shape index (κ1) is 14.5. The average molecular weight is 262 g/mol. The molecule has 0 saturated heterocycles. The first-order valence-electron chi connectivity index (χ1n) is 6.25. The molecule has 2 atom stereocenters. The van der Waals surface area contributed by atoms with E-state index in [-0.39, 0.29) is 17.9 Å². The number of carboxylic acid groups (broad SMARTS) is 1. The summed E-state index contributed by atoms with van der Waals surface area (Å²) in [6, 6.07) is 0. The molecule has 100 valence electrons. The van der Waals surface area contributed by atoms with E-state index in [0.717, 1.165) is 6.42 Å². The molecule has 1 rings (SSSR count). The van der Waals surface area contributed by atoms with Gasteiger partial charge in [-0.1, -0.05) is 13.8 Å². The standard InChI is InChI=1S/C12H22O4S/c1-3-7-17(15,16)8-6-12(11(13)14)5-4-10(2)9-12/h10H,3-9H2,1-2H3,(H,13,14). The van der Waals surface area contributed by atoms with Crippen LogP contribution in [-0.2, 0) is 14.6 Å². The zero-order valence-electron chi connectivity index (χ0n) is 10.6. The normalized spacial score (nSPS) is 29.4. The molecule has 1 saturated carbocycles. The third-order valence-electron chi connectivity index (χ3n) is 3.72. The van der Waals surface area contributed by atoms with Gasteiger partial charge in [-0.05, 0) is 38.0 Å². The van der Waals surface area contributed by atoms with Crippen LogP contribution in [0.5, 0.6) is 0 Å². The van der Waals surface area contributed by atoms with Crippen molar-refractivity contribution in [1.82, 2.24) is 0 Å². The molecule has 0 aromatic rings. The second kappa shape index (κ2) is 5.38. The van der Waals surface area contributed by atoms with Crippen LogP contribution in [0.1, 0.15) is 46.0 Å². The van der Waals surface area contributed by atoms with Crippen molar-refractivity contribution in [2.24, 2.45) is 11.3 Å². The topological polar surface area (TPSA) is 71.4 Å². The van der Waals surface area contributed by atoms with Crippen molar-refractivity contribution in [3.05, 3.63) is 0 Å². The van der Waals surface area contributed by atoms with E-state index < -0.39 is 21.2 Å². The second-order valence-corrected chi connectivity index (χ2v) is 7.64. The van der Waals surface area contributed by atoms with Crippen LogP contribution in [0.25, 0.3) is 0 Å². The van der Waals surface area contributed by atoms with Crippen LogP contribution in [-0.4, -0.2) is 31.0 Å². The molecule has 0 aliphatic heterocycles. The van der Waals surface area contributed by atoms with E-state index in [1.165, 1.54) is 0 Å². The van der Waals surface area contributed by atoms with Crippen LogP contribution in [0.2, 0.25) is 0 Å². The Kier molecular flexibility index (Phi) is 4.58. The van der Waals surface area contributed by atoms with Crippen LogP contribution in [0.15, 0.2) is 0 Å². The molecule has 4 nitrogen and oxygen atoms in total. The minimum Gasteiger partial charge on any atom is -0.481 e. The maximum Gasteiger partial charge on any atom is 0.309 e. The van der Waals surface area contributed by atoms with E-state index in [9.17, 15) is 18.3 Å². The van der Waals surface area contributed by atoms with Gasteiger partial charge in [-0.3, -0.25) is 4.79 Å².